The number of aryl methyl sites for hydroxylation is 3. The molecule has 3 rings (SSSR count). The van der Waals surface area contributed by atoms with Crippen molar-refractivity contribution in [3.05, 3.63) is 80.3 Å². The van der Waals surface area contributed by atoms with Gasteiger partial charge in [-0.05, 0) is 70.4 Å². The maximum Gasteiger partial charge on any atom is 0.127 e. The van der Waals surface area contributed by atoms with Crippen LogP contribution < -0.4 is 5.32 Å². The molecule has 33 heavy (non-hydrogen) atoms. The normalized spacial score (nSPS) is 10.2. The average Bonchev–Trinajstić information content (AvgIpc) is 3.04. The first-order valence-electron chi connectivity index (χ1n) is 11.7. The zero-order valence-corrected chi connectivity index (χ0v) is 22.9. The monoisotopic (exact) mass is 467 g/mol. The molecule has 0 saturated carbocycles. The third-order valence-corrected chi connectivity index (χ3v) is 5.36. The van der Waals surface area contributed by atoms with E-state index in [0.29, 0.717) is 6.54 Å². The molecule has 180 valence electrons. The first-order chi connectivity index (χ1) is 15.7. The lowest BCUT2D eigenvalue weighted by Gasteiger charge is -2.20. The Morgan fingerprint density at radius 3 is 1.94 bits per heavy atom. The van der Waals surface area contributed by atoms with Gasteiger partial charge in [-0.15, -0.1) is 21.5 Å². The Hall–Kier alpha value is -2.55. The van der Waals surface area contributed by atoms with Gasteiger partial charge >= 0.3 is 0 Å². The van der Waals surface area contributed by atoms with Crippen molar-refractivity contribution >= 4 is 17.1 Å². The Kier molecular flexibility index (Phi) is 15.7. The highest BCUT2D eigenvalue weighted by molar-refractivity contribution is 7.12. The number of Topliss-reactive ketones (excluding diaryl/α,β-unsaturated/α-hetero) is 1. The average molecular weight is 468 g/mol. The fourth-order valence-electron chi connectivity index (χ4n) is 2.89. The van der Waals surface area contributed by atoms with E-state index in [0.717, 1.165) is 11.4 Å². The predicted octanol–water partition coefficient (Wildman–Crippen LogP) is 7.29. The minimum absolute atomic E-state index is 0.132. The van der Waals surface area contributed by atoms with Gasteiger partial charge in [-0.25, -0.2) is 0 Å². The number of ketones is 1. The minimum Gasteiger partial charge on any atom is -0.300 e. The fourth-order valence-corrected chi connectivity index (χ4v) is 4.00. The molecule has 1 unspecified atom stereocenters. The molecule has 3 aromatic rings. The number of carbonyl (C=O) groups excluding carboxylic acids is 1. The number of hydrogen-bond donors (Lipinski definition) is 1. The number of carbonyl (C=O) groups is 1. The molecular formula is C28H41N3OS. The first-order valence-corrected chi connectivity index (χ1v) is 12.5. The summed E-state index contributed by atoms with van der Waals surface area (Å²) in [6.07, 6.45) is 1.25. The molecule has 2 heterocycles. The summed E-state index contributed by atoms with van der Waals surface area (Å²) in [6.45, 7) is 20.4. The molecule has 5 heteroatoms. The van der Waals surface area contributed by atoms with Crippen LogP contribution >= 0.6 is 11.3 Å². The van der Waals surface area contributed by atoms with Gasteiger partial charge in [-0.1, -0.05) is 64.4 Å². The number of aromatic nitrogens is 2. The number of rotatable bonds is 5. The summed E-state index contributed by atoms with van der Waals surface area (Å²) >= 11 is 1.86. The summed E-state index contributed by atoms with van der Waals surface area (Å²) in [4.78, 5) is 12.2. The molecular weight excluding hydrogens is 426 g/mol. The second-order valence-electron chi connectivity index (χ2n) is 7.58. The highest BCUT2D eigenvalue weighted by atomic mass is 32.1. The largest absolute Gasteiger partial charge is 0.300 e. The smallest absolute Gasteiger partial charge is 0.127 e. The maximum absolute atomic E-state index is 9.44. The second kappa shape index (κ2) is 17.0. The van der Waals surface area contributed by atoms with Gasteiger partial charge < -0.3 is 4.79 Å². The zero-order chi connectivity index (χ0) is 25.4. The summed E-state index contributed by atoms with van der Waals surface area (Å²) in [7, 11) is 0. The molecule has 0 amide bonds. The van der Waals surface area contributed by atoms with Gasteiger partial charge in [0.2, 0.25) is 0 Å². The van der Waals surface area contributed by atoms with Crippen LogP contribution in [0.25, 0.3) is 0 Å². The van der Waals surface area contributed by atoms with Gasteiger partial charge in [0.15, 0.2) is 0 Å². The molecule has 0 bridgehead atoms. The highest BCUT2D eigenvalue weighted by Crippen LogP contribution is 2.34. The molecule has 1 aromatic carbocycles. The standard InChI is InChI=1S/C20H21N3S.C3H6O.C3H8.C2H6/c1-13-10-11-18(23-22-13)12-21-20(17-8-6-5-7-9-17)19-14(2)15(3)24-16(19)4;1-3(2)4;1-3-2;1-2/h5-9,20-21H,12H2,1-4H3;1-2H3;3H2,1-2H3;1-2H3. The summed E-state index contributed by atoms with van der Waals surface area (Å²) < 4.78 is 0. The van der Waals surface area contributed by atoms with E-state index in [9.17, 15) is 4.79 Å². The Balaban J connectivity index is 0.000000989. The van der Waals surface area contributed by atoms with Crippen LogP contribution in [-0.2, 0) is 11.3 Å². The van der Waals surface area contributed by atoms with Crippen LogP contribution in [0.2, 0.25) is 0 Å². The zero-order valence-electron chi connectivity index (χ0n) is 22.1. The van der Waals surface area contributed by atoms with Gasteiger partial charge in [0, 0.05) is 16.3 Å². The van der Waals surface area contributed by atoms with Gasteiger partial charge in [0.05, 0.1) is 6.04 Å². The summed E-state index contributed by atoms with van der Waals surface area (Å²) in [6, 6.07) is 16.7. The molecule has 0 fully saturated rings. The number of thiophene rings is 1. The molecule has 0 aliphatic heterocycles. The van der Waals surface area contributed by atoms with Crippen LogP contribution in [0.4, 0.5) is 0 Å². The van der Waals surface area contributed by atoms with Gasteiger partial charge in [0.25, 0.3) is 0 Å². The van der Waals surface area contributed by atoms with E-state index in [-0.39, 0.29) is 11.8 Å². The fraction of sp³-hybridized carbons (Fsp3) is 0.464. The van der Waals surface area contributed by atoms with Gasteiger partial charge in [0.1, 0.15) is 17.2 Å². The third-order valence-electron chi connectivity index (χ3n) is 4.22. The second-order valence-corrected chi connectivity index (χ2v) is 9.00. The molecule has 1 atom stereocenters. The number of benzene rings is 1. The molecule has 0 aliphatic carbocycles. The lowest BCUT2D eigenvalue weighted by Crippen LogP contribution is -2.23. The van der Waals surface area contributed by atoms with Gasteiger partial charge in [-0.3, -0.25) is 5.32 Å². The van der Waals surface area contributed by atoms with Crippen molar-refractivity contribution in [3.63, 3.8) is 0 Å². The van der Waals surface area contributed by atoms with E-state index in [2.05, 4.69) is 86.5 Å². The number of nitrogens with one attached hydrogen (secondary N) is 1. The van der Waals surface area contributed by atoms with Crippen molar-refractivity contribution in [2.45, 2.75) is 88.2 Å². The predicted molar refractivity (Wildman–Crippen MR) is 142 cm³/mol. The third kappa shape index (κ3) is 11.2. The highest BCUT2D eigenvalue weighted by Gasteiger charge is 2.21. The molecule has 1 N–H and O–H groups in total. The van der Waals surface area contributed by atoms with Crippen LogP contribution in [-0.4, -0.2) is 16.0 Å². The Morgan fingerprint density at radius 2 is 1.52 bits per heavy atom. The lowest BCUT2D eigenvalue weighted by atomic mass is 9.95. The van der Waals surface area contributed by atoms with Crippen LogP contribution in [0, 0.1) is 39.8 Å². The molecule has 0 radical (unpaired) electrons. The van der Waals surface area contributed by atoms with Crippen molar-refractivity contribution < 1.29 is 4.79 Å². The van der Waals surface area contributed by atoms with E-state index < -0.39 is 0 Å². The topological polar surface area (TPSA) is 54.9 Å². The maximum atomic E-state index is 9.44. The van der Waals surface area contributed by atoms with Crippen molar-refractivity contribution in [2.24, 2.45) is 0 Å². The van der Waals surface area contributed by atoms with Crippen LogP contribution in [0.15, 0.2) is 30.3 Å². The van der Waals surface area contributed by atoms with Crippen molar-refractivity contribution in [2.75, 3.05) is 0 Å². The van der Waals surface area contributed by atoms with Crippen molar-refractivity contribution in [1.82, 2.24) is 15.5 Å². The van der Waals surface area contributed by atoms with E-state index >= 15 is 0 Å². The van der Waals surface area contributed by atoms with E-state index in [1.807, 2.05) is 38.2 Å². The lowest BCUT2D eigenvalue weighted by molar-refractivity contribution is -0.114. The Morgan fingerprint density at radius 1 is 0.970 bits per heavy atom. The first kappa shape index (κ1) is 30.4. The van der Waals surface area contributed by atoms with E-state index in [4.69, 9.17) is 0 Å². The Labute approximate surface area is 205 Å². The van der Waals surface area contributed by atoms with Crippen molar-refractivity contribution in [3.8, 4) is 0 Å². The molecule has 0 spiro atoms. The van der Waals surface area contributed by atoms with Crippen molar-refractivity contribution in [1.29, 1.82) is 0 Å². The summed E-state index contributed by atoms with van der Waals surface area (Å²) in [5.74, 6) is 0.167. The molecule has 2 aromatic heterocycles. The van der Waals surface area contributed by atoms with E-state index in [1.54, 1.807) is 0 Å². The van der Waals surface area contributed by atoms with E-state index in [1.165, 1.54) is 46.7 Å². The van der Waals surface area contributed by atoms with Gasteiger partial charge in [-0.2, -0.15) is 0 Å². The van der Waals surface area contributed by atoms with Crippen LogP contribution in [0.3, 0.4) is 0 Å². The Bertz CT molecular complexity index is 914. The molecule has 0 saturated heterocycles. The summed E-state index contributed by atoms with van der Waals surface area (Å²) in [5, 5.41) is 11.9. The molecule has 0 aliphatic rings. The summed E-state index contributed by atoms with van der Waals surface area (Å²) in [5.41, 5.74) is 5.53. The van der Waals surface area contributed by atoms with Crippen LogP contribution in [0.5, 0.6) is 0 Å². The molecule has 4 nitrogen and oxygen atoms in total. The minimum atomic E-state index is 0.132. The van der Waals surface area contributed by atoms with Crippen LogP contribution in [0.1, 0.15) is 91.8 Å². The quantitative estimate of drug-likeness (QED) is 0.428. The number of hydrogen-bond acceptors (Lipinski definition) is 5. The number of nitrogens with zero attached hydrogens (tertiary/aromatic N) is 2. The SMILES string of the molecule is CC.CC(C)=O.CCC.Cc1c#cc(CNC(c2ccccc2)c2c(C)sc(C)c2C)nn1.